The van der Waals surface area contributed by atoms with E-state index in [1.165, 1.54) is 44.5 Å². The summed E-state index contributed by atoms with van der Waals surface area (Å²) < 4.78 is 0. The van der Waals surface area contributed by atoms with Gasteiger partial charge in [0.1, 0.15) is 0 Å². The topological polar surface area (TPSA) is 0 Å². The zero-order valence-electron chi connectivity index (χ0n) is 20.2. The van der Waals surface area contributed by atoms with Gasteiger partial charge in [0.25, 0.3) is 0 Å². The van der Waals surface area contributed by atoms with Gasteiger partial charge in [-0.1, -0.05) is 111 Å². The molecule has 0 radical (unpaired) electrons. The maximum absolute atomic E-state index is 4.19. The molecule has 0 aliphatic rings. The van der Waals surface area contributed by atoms with Gasteiger partial charge in [-0.05, 0) is 79.5 Å². The third kappa shape index (κ3) is 7.72. The van der Waals surface area contributed by atoms with Crippen LogP contribution in [0.5, 0.6) is 0 Å². The van der Waals surface area contributed by atoms with E-state index in [2.05, 4.69) is 127 Å². The quantitative estimate of drug-likeness (QED) is 0.361. The molecule has 0 bridgehead atoms. The molecule has 0 aliphatic heterocycles. The average molecular weight is 411 g/mol. The number of benzene rings is 2. The molecular weight excluding hydrogens is 372 g/mol. The minimum Gasteiger partial charge on any atom is -0.0958 e. The van der Waals surface area contributed by atoms with Crippen LogP contribution in [0.2, 0.25) is 0 Å². The minimum atomic E-state index is 0.312. The van der Waals surface area contributed by atoms with Crippen molar-refractivity contribution < 1.29 is 0 Å². The molecule has 0 heteroatoms. The molecule has 2 aromatic rings. The Morgan fingerprint density at radius 2 is 1.65 bits per heavy atom. The summed E-state index contributed by atoms with van der Waals surface area (Å²) in [5, 5.41) is 0. The van der Waals surface area contributed by atoms with Crippen molar-refractivity contribution in [3.8, 4) is 0 Å². The molecule has 0 spiro atoms. The van der Waals surface area contributed by atoms with E-state index in [1.807, 2.05) is 0 Å². The van der Waals surface area contributed by atoms with Gasteiger partial charge in [-0.3, -0.25) is 0 Å². The molecule has 0 heterocycles. The van der Waals surface area contributed by atoms with Crippen LogP contribution in [-0.4, -0.2) is 0 Å². The summed E-state index contributed by atoms with van der Waals surface area (Å²) in [6, 6.07) is 15.5. The van der Waals surface area contributed by atoms with Gasteiger partial charge in [-0.2, -0.15) is 0 Å². The van der Waals surface area contributed by atoms with Gasteiger partial charge in [0.05, 0.1) is 0 Å². The molecule has 31 heavy (non-hydrogen) atoms. The summed E-state index contributed by atoms with van der Waals surface area (Å²) in [7, 11) is 0. The fraction of sp³-hybridized carbons (Fsp3) is 0.290. The number of allylic oxidation sites excluding steroid dienone is 8. The van der Waals surface area contributed by atoms with Crippen LogP contribution >= 0.6 is 0 Å². The van der Waals surface area contributed by atoms with Crippen LogP contribution in [0.1, 0.15) is 68.4 Å². The molecule has 162 valence electrons. The molecule has 0 nitrogen and oxygen atoms in total. The zero-order chi connectivity index (χ0) is 22.8. The van der Waals surface area contributed by atoms with Crippen LogP contribution in [0.15, 0.2) is 85.0 Å². The normalized spacial score (nSPS) is 13.9. The Kier molecular flexibility index (Phi) is 9.53. The highest BCUT2D eigenvalue weighted by Gasteiger charge is 2.05. The van der Waals surface area contributed by atoms with Gasteiger partial charge in [-0.15, -0.1) is 0 Å². The molecule has 1 atom stereocenters. The van der Waals surface area contributed by atoms with Crippen LogP contribution in [0.4, 0.5) is 0 Å². The van der Waals surface area contributed by atoms with Crippen molar-refractivity contribution in [2.24, 2.45) is 5.92 Å². The van der Waals surface area contributed by atoms with Crippen molar-refractivity contribution in [2.45, 2.75) is 54.4 Å². The molecule has 0 saturated carbocycles. The summed E-state index contributed by atoms with van der Waals surface area (Å²) in [4.78, 5) is 0. The Morgan fingerprint density at radius 3 is 2.29 bits per heavy atom. The molecule has 2 aromatic carbocycles. The van der Waals surface area contributed by atoms with E-state index >= 15 is 0 Å². The number of rotatable bonds is 9. The van der Waals surface area contributed by atoms with Crippen molar-refractivity contribution in [1.29, 1.82) is 0 Å². The Bertz CT molecular complexity index is 991. The Hall–Kier alpha value is -2.86. The molecule has 2 rings (SSSR count). The lowest BCUT2D eigenvalue weighted by molar-refractivity contribution is 0.929. The third-order valence-electron chi connectivity index (χ3n) is 5.49. The van der Waals surface area contributed by atoms with E-state index in [0.717, 1.165) is 12.8 Å². The van der Waals surface area contributed by atoms with Crippen molar-refractivity contribution in [3.63, 3.8) is 0 Å². The van der Waals surface area contributed by atoms with Gasteiger partial charge < -0.3 is 0 Å². The van der Waals surface area contributed by atoms with Gasteiger partial charge in [0.2, 0.25) is 0 Å². The van der Waals surface area contributed by atoms with Crippen LogP contribution in [-0.2, 0) is 0 Å². The smallest absolute Gasteiger partial charge is 0.00667 e. The minimum absolute atomic E-state index is 0.312. The predicted octanol–water partition coefficient (Wildman–Crippen LogP) is 9.37. The lowest BCUT2D eigenvalue weighted by atomic mass is 9.95. The number of hydrogen-bond acceptors (Lipinski definition) is 0. The summed E-state index contributed by atoms with van der Waals surface area (Å²) in [6.07, 6.45) is 15.5. The Morgan fingerprint density at radius 1 is 0.968 bits per heavy atom. The first-order chi connectivity index (χ1) is 14.8. The highest BCUT2D eigenvalue weighted by Crippen LogP contribution is 2.24. The molecule has 0 N–H and O–H groups in total. The van der Waals surface area contributed by atoms with Crippen molar-refractivity contribution >= 4 is 17.2 Å². The first-order valence-corrected chi connectivity index (χ1v) is 11.4. The van der Waals surface area contributed by atoms with Crippen LogP contribution in [0, 0.1) is 19.8 Å². The van der Waals surface area contributed by atoms with E-state index in [-0.39, 0.29) is 0 Å². The maximum Gasteiger partial charge on any atom is -0.00667 e. The van der Waals surface area contributed by atoms with Crippen molar-refractivity contribution in [2.75, 3.05) is 0 Å². The zero-order valence-corrected chi connectivity index (χ0v) is 20.2. The van der Waals surface area contributed by atoms with Crippen molar-refractivity contribution in [3.05, 3.63) is 113 Å². The molecule has 1 unspecified atom stereocenters. The van der Waals surface area contributed by atoms with Gasteiger partial charge >= 0.3 is 0 Å². The van der Waals surface area contributed by atoms with Gasteiger partial charge in [0, 0.05) is 0 Å². The second kappa shape index (κ2) is 12.1. The standard InChI is InChI=1S/C31H38/c1-8-10-23(3)14-18-31(28-16-12-24(4)13-17-28)21-25(5)20-27(7)30-19-15-26(6)29(22-30)11-9-2/h9,11-22,25H,3,8,10H2,1-2,4-7H3/b11-9-,18-14-,27-20+,31-21+. The highest BCUT2D eigenvalue weighted by molar-refractivity contribution is 5.76. The first-order valence-electron chi connectivity index (χ1n) is 11.4. The summed E-state index contributed by atoms with van der Waals surface area (Å²) in [6.45, 7) is 17.2. The van der Waals surface area contributed by atoms with E-state index < -0.39 is 0 Å². The lowest BCUT2D eigenvalue weighted by Crippen LogP contribution is -1.92. The summed E-state index contributed by atoms with van der Waals surface area (Å²) >= 11 is 0. The van der Waals surface area contributed by atoms with E-state index in [1.54, 1.807) is 0 Å². The van der Waals surface area contributed by atoms with E-state index in [4.69, 9.17) is 0 Å². The average Bonchev–Trinajstić information content (AvgIpc) is 2.73. The monoisotopic (exact) mass is 410 g/mol. The first kappa shape index (κ1) is 24.4. The Labute approximate surface area is 190 Å². The summed E-state index contributed by atoms with van der Waals surface area (Å²) in [5.74, 6) is 0.312. The third-order valence-corrected chi connectivity index (χ3v) is 5.49. The number of hydrogen-bond donors (Lipinski definition) is 0. The second-order valence-corrected chi connectivity index (χ2v) is 8.51. The molecule has 0 amide bonds. The van der Waals surface area contributed by atoms with E-state index in [0.29, 0.717) is 5.92 Å². The summed E-state index contributed by atoms with van der Waals surface area (Å²) in [5.41, 5.74) is 10.1. The van der Waals surface area contributed by atoms with Crippen LogP contribution in [0.3, 0.4) is 0 Å². The molecule has 0 fully saturated rings. The molecular formula is C31H38. The number of aryl methyl sites for hydroxylation is 2. The van der Waals surface area contributed by atoms with E-state index in [9.17, 15) is 0 Å². The van der Waals surface area contributed by atoms with Crippen LogP contribution in [0.25, 0.3) is 17.2 Å². The predicted molar refractivity (Wildman–Crippen MR) is 141 cm³/mol. The SMILES string of the molecule is C=C(/C=C\C(=C/C(C)/C=C(\C)c1ccc(C)c(/C=C\C)c1)c1ccc(C)cc1)CCC. The molecule has 0 aromatic heterocycles. The largest absolute Gasteiger partial charge is 0.0958 e. The molecule has 0 aliphatic carbocycles. The maximum atomic E-state index is 4.19. The second-order valence-electron chi connectivity index (χ2n) is 8.51. The fourth-order valence-electron chi connectivity index (χ4n) is 3.67. The van der Waals surface area contributed by atoms with Crippen molar-refractivity contribution in [1.82, 2.24) is 0 Å². The lowest BCUT2D eigenvalue weighted by Gasteiger charge is -2.11. The van der Waals surface area contributed by atoms with Gasteiger partial charge in [-0.25, -0.2) is 0 Å². The van der Waals surface area contributed by atoms with Crippen LogP contribution < -0.4 is 0 Å². The molecule has 0 saturated heterocycles. The Balaban J connectivity index is 2.36. The van der Waals surface area contributed by atoms with Gasteiger partial charge in [0.15, 0.2) is 0 Å². The fourth-order valence-corrected chi connectivity index (χ4v) is 3.67. The highest BCUT2D eigenvalue weighted by atomic mass is 14.1.